The minimum atomic E-state index is -1.48. The van der Waals surface area contributed by atoms with Crippen molar-refractivity contribution in [3.05, 3.63) is 77.9 Å². The summed E-state index contributed by atoms with van der Waals surface area (Å²) in [5, 5.41) is 0. The fourth-order valence-electron chi connectivity index (χ4n) is 3.29. The van der Waals surface area contributed by atoms with Gasteiger partial charge in [0, 0.05) is 13.1 Å². The molecule has 0 spiro atoms. The number of halogens is 3. The summed E-state index contributed by atoms with van der Waals surface area (Å²) in [6, 6.07) is 8.90. The van der Waals surface area contributed by atoms with E-state index in [1.54, 1.807) is 6.08 Å². The van der Waals surface area contributed by atoms with Gasteiger partial charge in [0.2, 0.25) is 0 Å². The van der Waals surface area contributed by atoms with Crippen molar-refractivity contribution in [2.45, 2.75) is 26.9 Å². The summed E-state index contributed by atoms with van der Waals surface area (Å²) in [6.07, 6.45) is 1.71. The minimum absolute atomic E-state index is 0.0227. The Balaban J connectivity index is 2.04. The Hall–Kier alpha value is -3.09. The Kier molecular flexibility index (Phi) is 6.06. The Morgan fingerprint density at radius 1 is 1.17 bits per heavy atom. The van der Waals surface area contributed by atoms with Crippen LogP contribution in [0.15, 0.2) is 49.1 Å². The summed E-state index contributed by atoms with van der Waals surface area (Å²) in [5.74, 6) is -4.18. The number of aromatic nitrogens is 2. The normalized spacial score (nSPS) is 11.2. The molecule has 0 aliphatic carbocycles. The van der Waals surface area contributed by atoms with Crippen molar-refractivity contribution >= 4 is 16.9 Å². The van der Waals surface area contributed by atoms with Crippen LogP contribution in [0.5, 0.6) is 0 Å². The van der Waals surface area contributed by atoms with Crippen molar-refractivity contribution in [2.75, 3.05) is 6.54 Å². The van der Waals surface area contributed by atoms with E-state index in [1.165, 1.54) is 4.90 Å². The van der Waals surface area contributed by atoms with Crippen LogP contribution in [-0.4, -0.2) is 26.9 Å². The maximum Gasteiger partial charge on any atom is 0.260 e. The highest BCUT2D eigenvalue weighted by Crippen LogP contribution is 2.22. The summed E-state index contributed by atoms with van der Waals surface area (Å²) < 4.78 is 43.9. The molecular weight excluding hydrogens is 379 g/mol. The van der Waals surface area contributed by atoms with E-state index in [9.17, 15) is 18.0 Å². The number of benzene rings is 2. The van der Waals surface area contributed by atoms with Gasteiger partial charge in [-0.05, 0) is 30.2 Å². The molecule has 7 heteroatoms. The molecule has 4 nitrogen and oxygen atoms in total. The number of amides is 1. The fourth-order valence-corrected chi connectivity index (χ4v) is 3.29. The number of fused-ring (bicyclic) bond motifs is 1. The highest BCUT2D eigenvalue weighted by molar-refractivity contribution is 5.94. The lowest BCUT2D eigenvalue weighted by molar-refractivity contribution is 0.0705. The molecule has 0 N–H and O–H groups in total. The zero-order chi connectivity index (χ0) is 21.1. The number of allylic oxidation sites excluding steroid dienone is 1. The zero-order valence-electron chi connectivity index (χ0n) is 16.3. The zero-order valence-corrected chi connectivity index (χ0v) is 16.3. The van der Waals surface area contributed by atoms with Crippen molar-refractivity contribution in [3.63, 3.8) is 0 Å². The minimum Gasteiger partial charge on any atom is -0.331 e. The molecule has 0 atom stereocenters. The fraction of sp³-hybridized carbons (Fsp3) is 0.273. The van der Waals surface area contributed by atoms with E-state index < -0.39 is 28.9 Å². The Morgan fingerprint density at radius 3 is 2.55 bits per heavy atom. The second kappa shape index (κ2) is 8.51. The molecule has 2 aromatic carbocycles. The number of hydrogen-bond donors (Lipinski definition) is 0. The third kappa shape index (κ3) is 4.18. The summed E-state index contributed by atoms with van der Waals surface area (Å²) in [7, 11) is 0. The SMILES string of the molecule is C=CCn1c(CN(CC(C)C)C(=O)c2c(F)ccc(F)c2F)nc2ccccc21. The van der Waals surface area contributed by atoms with Gasteiger partial charge in [-0.1, -0.05) is 32.1 Å². The monoisotopic (exact) mass is 401 g/mol. The molecule has 152 valence electrons. The van der Waals surface area contributed by atoms with Crippen molar-refractivity contribution < 1.29 is 18.0 Å². The van der Waals surface area contributed by atoms with Crippen molar-refractivity contribution in [1.29, 1.82) is 0 Å². The molecule has 0 unspecified atom stereocenters. The molecule has 0 radical (unpaired) electrons. The maximum absolute atomic E-state index is 14.2. The van der Waals surface area contributed by atoms with E-state index in [4.69, 9.17) is 0 Å². The van der Waals surface area contributed by atoms with Gasteiger partial charge in [-0.3, -0.25) is 4.79 Å². The van der Waals surface area contributed by atoms with E-state index in [-0.39, 0.29) is 19.0 Å². The highest BCUT2D eigenvalue weighted by Gasteiger charge is 2.27. The first-order chi connectivity index (χ1) is 13.8. The van der Waals surface area contributed by atoms with Crippen LogP contribution in [0.3, 0.4) is 0 Å². The van der Waals surface area contributed by atoms with Crippen LogP contribution in [0.2, 0.25) is 0 Å². The Morgan fingerprint density at radius 2 is 1.86 bits per heavy atom. The Labute approximate surface area is 167 Å². The molecule has 0 saturated heterocycles. The van der Waals surface area contributed by atoms with Gasteiger partial charge in [0.15, 0.2) is 11.6 Å². The first-order valence-electron chi connectivity index (χ1n) is 9.31. The van der Waals surface area contributed by atoms with Crippen LogP contribution >= 0.6 is 0 Å². The predicted molar refractivity (Wildman–Crippen MR) is 106 cm³/mol. The standard InChI is InChI=1S/C22H22F3N3O/c1-4-11-28-18-8-6-5-7-17(18)26-19(28)13-27(12-14(2)3)22(29)20-15(23)9-10-16(24)21(20)25/h4-10,14H,1,11-13H2,2-3H3. The molecule has 1 heterocycles. The van der Waals surface area contributed by atoms with Gasteiger partial charge >= 0.3 is 0 Å². The van der Waals surface area contributed by atoms with Gasteiger partial charge in [-0.2, -0.15) is 0 Å². The van der Waals surface area contributed by atoms with E-state index in [0.717, 1.165) is 17.1 Å². The third-order valence-corrected chi connectivity index (χ3v) is 4.51. The first kappa shape index (κ1) is 20.6. The van der Waals surface area contributed by atoms with E-state index in [2.05, 4.69) is 11.6 Å². The average molecular weight is 401 g/mol. The van der Waals surface area contributed by atoms with Crippen molar-refractivity contribution in [2.24, 2.45) is 5.92 Å². The quantitative estimate of drug-likeness (QED) is 0.416. The maximum atomic E-state index is 14.2. The average Bonchev–Trinajstić information content (AvgIpc) is 3.02. The number of nitrogens with zero attached hydrogens (tertiary/aromatic N) is 3. The van der Waals surface area contributed by atoms with E-state index in [1.807, 2.05) is 42.7 Å². The van der Waals surface area contributed by atoms with Crippen LogP contribution < -0.4 is 0 Å². The van der Waals surface area contributed by atoms with Crippen LogP contribution in [0.1, 0.15) is 30.0 Å². The van der Waals surface area contributed by atoms with Crippen molar-refractivity contribution in [1.82, 2.24) is 14.5 Å². The van der Waals surface area contributed by atoms with Gasteiger partial charge in [-0.25, -0.2) is 18.2 Å². The van der Waals surface area contributed by atoms with Gasteiger partial charge in [0.05, 0.1) is 17.6 Å². The lowest BCUT2D eigenvalue weighted by Crippen LogP contribution is -2.36. The largest absolute Gasteiger partial charge is 0.331 e. The lowest BCUT2D eigenvalue weighted by atomic mass is 10.1. The van der Waals surface area contributed by atoms with Crippen LogP contribution in [0.25, 0.3) is 11.0 Å². The number of carbonyl (C=O) groups excluding carboxylic acids is 1. The number of carbonyl (C=O) groups is 1. The molecule has 1 amide bonds. The van der Waals surface area contributed by atoms with Gasteiger partial charge in [0.1, 0.15) is 17.2 Å². The first-order valence-corrected chi connectivity index (χ1v) is 9.31. The number of rotatable bonds is 7. The third-order valence-electron chi connectivity index (χ3n) is 4.51. The molecular formula is C22H22F3N3O. The topological polar surface area (TPSA) is 38.1 Å². The second-order valence-corrected chi connectivity index (χ2v) is 7.21. The molecule has 3 rings (SSSR count). The molecule has 1 aromatic heterocycles. The summed E-state index contributed by atoms with van der Waals surface area (Å²) in [5.41, 5.74) is 0.712. The lowest BCUT2D eigenvalue weighted by Gasteiger charge is -2.25. The van der Waals surface area contributed by atoms with E-state index >= 15 is 0 Å². The Bertz CT molecular complexity index is 1060. The smallest absolute Gasteiger partial charge is 0.260 e. The van der Waals surface area contributed by atoms with Crippen molar-refractivity contribution in [3.8, 4) is 0 Å². The molecule has 29 heavy (non-hydrogen) atoms. The molecule has 0 fully saturated rings. The summed E-state index contributed by atoms with van der Waals surface area (Å²) in [6.45, 7) is 8.23. The molecule has 0 aliphatic rings. The molecule has 0 aliphatic heterocycles. The predicted octanol–water partition coefficient (Wildman–Crippen LogP) is 4.94. The summed E-state index contributed by atoms with van der Waals surface area (Å²) >= 11 is 0. The number of hydrogen-bond acceptors (Lipinski definition) is 2. The molecule has 0 saturated carbocycles. The second-order valence-electron chi connectivity index (χ2n) is 7.21. The number of para-hydroxylation sites is 2. The highest BCUT2D eigenvalue weighted by atomic mass is 19.2. The van der Waals surface area contributed by atoms with Gasteiger partial charge in [-0.15, -0.1) is 6.58 Å². The number of imidazole rings is 1. The van der Waals surface area contributed by atoms with Crippen LogP contribution in [-0.2, 0) is 13.1 Å². The van der Waals surface area contributed by atoms with Gasteiger partial charge in [0.25, 0.3) is 5.91 Å². The summed E-state index contributed by atoms with van der Waals surface area (Å²) in [4.78, 5) is 18.9. The molecule has 3 aromatic rings. The van der Waals surface area contributed by atoms with Crippen LogP contribution in [0.4, 0.5) is 13.2 Å². The van der Waals surface area contributed by atoms with Crippen LogP contribution in [0, 0.1) is 23.4 Å². The van der Waals surface area contributed by atoms with Gasteiger partial charge < -0.3 is 9.47 Å². The molecule has 0 bridgehead atoms. The van der Waals surface area contributed by atoms with E-state index in [0.29, 0.717) is 18.4 Å².